The highest BCUT2D eigenvalue weighted by atomic mass is 16.5. The van der Waals surface area contributed by atoms with Gasteiger partial charge in [0.25, 0.3) is 0 Å². The van der Waals surface area contributed by atoms with Crippen molar-refractivity contribution >= 4 is 11.9 Å². The minimum absolute atomic E-state index is 0.252. The monoisotopic (exact) mass is 416 g/mol. The average Bonchev–Trinajstić information content (AvgIpc) is 3.46. The van der Waals surface area contributed by atoms with Crippen molar-refractivity contribution in [2.75, 3.05) is 39.9 Å². The molecule has 1 heterocycles. The number of hydrogen-bond acceptors (Lipinski definition) is 4. The lowest BCUT2D eigenvalue weighted by molar-refractivity contribution is -0.134. The molecular formula is C23H36N4O3. The number of para-hydroxylation sites is 1. The summed E-state index contributed by atoms with van der Waals surface area (Å²) in [6.45, 7) is 6.07. The van der Waals surface area contributed by atoms with Crippen LogP contribution < -0.4 is 15.4 Å². The zero-order valence-electron chi connectivity index (χ0n) is 18.4. The zero-order chi connectivity index (χ0) is 21.2. The van der Waals surface area contributed by atoms with Crippen LogP contribution in [0.2, 0.25) is 0 Å². The van der Waals surface area contributed by atoms with Crippen LogP contribution in [0.5, 0.6) is 5.75 Å². The molecule has 166 valence electrons. The van der Waals surface area contributed by atoms with E-state index in [1.165, 1.54) is 12.8 Å². The number of ether oxygens (including phenoxy) is 2. The molecule has 1 aromatic rings. The van der Waals surface area contributed by atoms with Crippen molar-refractivity contribution in [1.82, 2.24) is 15.5 Å². The third-order valence-electron chi connectivity index (χ3n) is 5.85. The zero-order valence-corrected chi connectivity index (χ0v) is 18.4. The van der Waals surface area contributed by atoms with Crippen LogP contribution in [0.4, 0.5) is 0 Å². The third-order valence-corrected chi connectivity index (χ3v) is 5.85. The summed E-state index contributed by atoms with van der Waals surface area (Å²) < 4.78 is 11.1. The molecule has 7 heteroatoms. The van der Waals surface area contributed by atoms with Gasteiger partial charge in [0, 0.05) is 37.2 Å². The van der Waals surface area contributed by atoms with Crippen molar-refractivity contribution in [2.45, 2.75) is 51.7 Å². The number of guanidine groups is 1. The first-order valence-corrected chi connectivity index (χ1v) is 11.2. The van der Waals surface area contributed by atoms with Gasteiger partial charge in [-0.15, -0.1) is 0 Å². The number of amides is 1. The van der Waals surface area contributed by atoms with E-state index in [0.717, 1.165) is 56.2 Å². The van der Waals surface area contributed by atoms with Gasteiger partial charge in [0.2, 0.25) is 5.91 Å². The lowest BCUT2D eigenvalue weighted by Crippen LogP contribution is -2.45. The molecule has 2 N–H and O–H groups in total. The van der Waals surface area contributed by atoms with Crippen molar-refractivity contribution in [3.63, 3.8) is 0 Å². The number of carbonyl (C=O) groups excluding carboxylic acids is 1. The number of methoxy groups -OCH3 is 1. The van der Waals surface area contributed by atoms with Gasteiger partial charge in [0.15, 0.2) is 5.96 Å². The third kappa shape index (κ3) is 6.36. The molecule has 7 nitrogen and oxygen atoms in total. The molecule has 1 unspecified atom stereocenters. The Kier molecular flexibility index (Phi) is 8.81. The maximum Gasteiger partial charge on any atom is 0.225 e. The Bertz CT molecular complexity index is 703. The fourth-order valence-electron chi connectivity index (χ4n) is 4.25. The number of aliphatic imine (C=N–C) groups is 1. The summed E-state index contributed by atoms with van der Waals surface area (Å²) in [5.74, 6) is 2.24. The van der Waals surface area contributed by atoms with E-state index in [-0.39, 0.29) is 12.0 Å². The second-order valence-electron chi connectivity index (χ2n) is 8.02. The van der Waals surface area contributed by atoms with E-state index in [4.69, 9.17) is 9.47 Å². The van der Waals surface area contributed by atoms with E-state index in [1.54, 1.807) is 7.11 Å². The van der Waals surface area contributed by atoms with Crippen LogP contribution in [-0.2, 0) is 16.1 Å². The number of nitrogens with one attached hydrogen (secondary N) is 2. The number of likely N-dealkylation sites (tertiary alicyclic amines) is 1. The van der Waals surface area contributed by atoms with Gasteiger partial charge in [0.05, 0.1) is 26.9 Å². The molecule has 1 amide bonds. The minimum atomic E-state index is 0.252. The van der Waals surface area contributed by atoms with Crippen LogP contribution in [0.1, 0.15) is 44.6 Å². The SMILES string of the molecule is CCNC(=NCCOCc1ccccc1OC)NC1CCN(C(=O)C2CCCC2)C1. The van der Waals surface area contributed by atoms with Crippen molar-refractivity contribution in [3.8, 4) is 5.75 Å². The lowest BCUT2D eigenvalue weighted by atomic mass is 10.1. The Labute approximate surface area is 180 Å². The van der Waals surface area contributed by atoms with E-state index >= 15 is 0 Å². The fraction of sp³-hybridized carbons (Fsp3) is 0.652. The second-order valence-corrected chi connectivity index (χ2v) is 8.02. The highest BCUT2D eigenvalue weighted by Gasteiger charge is 2.32. The van der Waals surface area contributed by atoms with Crippen LogP contribution in [0.15, 0.2) is 29.3 Å². The predicted molar refractivity (Wildman–Crippen MR) is 119 cm³/mol. The molecule has 0 bridgehead atoms. The molecule has 0 spiro atoms. The molecule has 3 rings (SSSR count). The Balaban J connectivity index is 1.41. The molecule has 30 heavy (non-hydrogen) atoms. The first-order valence-electron chi connectivity index (χ1n) is 11.2. The average molecular weight is 417 g/mol. The summed E-state index contributed by atoms with van der Waals surface area (Å²) in [6.07, 6.45) is 5.48. The molecule has 1 atom stereocenters. The van der Waals surface area contributed by atoms with Gasteiger partial charge in [-0.2, -0.15) is 0 Å². The van der Waals surface area contributed by atoms with Crippen LogP contribution in [0, 0.1) is 5.92 Å². The van der Waals surface area contributed by atoms with E-state index in [2.05, 4.69) is 22.5 Å². The van der Waals surface area contributed by atoms with Crippen molar-refractivity contribution < 1.29 is 14.3 Å². The molecule has 1 saturated carbocycles. The van der Waals surface area contributed by atoms with Gasteiger partial charge in [-0.05, 0) is 32.3 Å². The summed E-state index contributed by atoms with van der Waals surface area (Å²) in [4.78, 5) is 19.3. The molecule has 2 fully saturated rings. The Hall–Kier alpha value is -2.28. The van der Waals surface area contributed by atoms with Crippen LogP contribution in [0.25, 0.3) is 0 Å². The van der Waals surface area contributed by atoms with Crippen LogP contribution in [0.3, 0.4) is 0 Å². The summed E-state index contributed by atoms with van der Waals surface area (Å²) in [6, 6.07) is 8.13. The van der Waals surface area contributed by atoms with Gasteiger partial charge >= 0.3 is 0 Å². The number of hydrogen-bond donors (Lipinski definition) is 2. The van der Waals surface area contributed by atoms with Crippen LogP contribution in [-0.4, -0.2) is 62.7 Å². The first-order chi connectivity index (χ1) is 14.7. The Morgan fingerprint density at radius 2 is 2.03 bits per heavy atom. The maximum atomic E-state index is 12.6. The fourth-order valence-corrected chi connectivity index (χ4v) is 4.25. The van der Waals surface area contributed by atoms with Crippen LogP contribution >= 0.6 is 0 Å². The Morgan fingerprint density at radius 3 is 2.80 bits per heavy atom. The number of benzene rings is 1. The number of nitrogens with zero attached hydrogens (tertiary/aromatic N) is 2. The molecule has 1 aromatic carbocycles. The van der Waals surface area contributed by atoms with Crippen molar-refractivity contribution in [2.24, 2.45) is 10.9 Å². The smallest absolute Gasteiger partial charge is 0.225 e. The standard InChI is InChI=1S/C23H36N4O3/c1-3-24-23(25-13-15-30-17-19-10-6-7-11-21(19)29-2)26-20-12-14-27(16-20)22(28)18-8-4-5-9-18/h6-7,10-11,18,20H,3-5,8-9,12-17H2,1-2H3,(H2,24,25,26). The largest absolute Gasteiger partial charge is 0.496 e. The normalized spacial score (nSPS) is 19.9. The molecule has 2 aliphatic rings. The quantitative estimate of drug-likeness (QED) is 0.368. The lowest BCUT2D eigenvalue weighted by Gasteiger charge is -2.21. The molecule has 1 aliphatic heterocycles. The molecular weight excluding hydrogens is 380 g/mol. The van der Waals surface area contributed by atoms with E-state index < -0.39 is 0 Å². The van der Waals surface area contributed by atoms with Gasteiger partial charge in [-0.25, -0.2) is 0 Å². The Morgan fingerprint density at radius 1 is 1.23 bits per heavy atom. The highest BCUT2D eigenvalue weighted by molar-refractivity contribution is 5.81. The second kappa shape index (κ2) is 11.8. The van der Waals surface area contributed by atoms with Crippen molar-refractivity contribution in [1.29, 1.82) is 0 Å². The van der Waals surface area contributed by atoms with E-state index in [9.17, 15) is 4.79 Å². The predicted octanol–water partition coefficient (Wildman–Crippen LogP) is 2.56. The summed E-state index contributed by atoms with van der Waals surface area (Å²) >= 11 is 0. The minimum Gasteiger partial charge on any atom is -0.496 e. The summed E-state index contributed by atoms with van der Waals surface area (Å²) in [5, 5.41) is 6.78. The summed E-state index contributed by atoms with van der Waals surface area (Å²) in [7, 11) is 1.67. The first kappa shape index (κ1) is 22.4. The van der Waals surface area contributed by atoms with E-state index in [1.807, 2.05) is 29.2 Å². The van der Waals surface area contributed by atoms with Gasteiger partial charge in [-0.3, -0.25) is 9.79 Å². The molecule has 0 aromatic heterocycles. The molecule has 1 aliphatic carbocycles. The number of carbonyl (C=O) groups is 1. The van der Waals surface area contributed by atoms with Gasteiger partial charge < -0.3 is 25.0 Å². The highest BCUT2D eigenvalue weighted by Crippen LogP contribution is 2.27. The van der Waals surface area contributed by atoms with Gasteiger partial charge in [-0.1, -0.05) is 31.0 Å². The number of rotatable bonds is 9. The summed E-state index contributed by atoms with van der Waals surface area (Å²) in [5.41, 5.74) is 1.03. The van der Waals surface area contributed by atoms with Gasteiger partial charge in [0.1, 0.15) is 5.75 Å². The molecule has 1 saturated heterocycles. The molecule has 0 radical (unpaired) electrons. The van der Waals surface area contributed by atoms with E-state index in [0.29, 0.717) is 25.7 Å². The topological polar surface area (TPSA) is 75.2 Å². The van der Waals surface area contributed by atoms with Crippen molar-refractivity contribution in [3.05, 3.63) is 29.8 Å². The maximum absolute atomic E-state index is 12.6.